The summed E-state index contributed by atoms with van der Waals surface area (Å²) in [7, 11) is 0. The summed E-state index contributed by atoms with van der Waals surface area (Å²) in [4.78, 5) is 22.5. The normalized spacial score (nSPS) is 17.9. The quantitative estimate of drug-likeness (QED) is 0.941. The highest BCUT2D eigenvalue weighted by molar-refractivity contribution is 5.72. The highest BCUT2D eigenvalue weighted by Crippen LogP contribution is 2.32. The van der Waals surface area contributed by atoms with Gasteiger partial charge in [-0.25, -0.2) is 14.8 Å². The number of nitrogens with two attached hydrogens (primary N) is 1. The number of primary amides is 1. The number of aromatic nitrogens is 4. The number of rotatable bonds is 3. The molecule has 1 unspecified atom stereocenters. The van der Waals surface area contributed by atoms with Crippen LogP contribution in [0, 0.1) is 6.92 Å². The van der Waals surface area contributed by atoms with Gasteiger partial charge in [0.15, 0.2) is 17.5 Å². The summed E-state index contributed by atoms with van der Waals surface area (Å²) >= 11 is 0. The summed E-state index contributed by atoms with van der Waals surface area (Å²) in [5, 5.41) is 4.64. The fraction of sp³-hybridized carbons (Fsp3) is 0.500. The van der Waals surface area contributed by atoms with E-state index >= 15 is 0 Å². The van der Waals surface area contributed by atoms with Gasteiger partial charge in [0.2, 0.25) is 0 Å². The van der Waals surface area contributed by atoms with Gasteiger partial charge in [0.1, 0.15) is 0 Å². The number of amides is 2. The van der Waals surface area contributed by atoms with Crippen LogP contribution in [0.15, 0.2) is 18.3 Å². The van der Waals surface area contributed by atoms with Crippen molar-refractivity contribution in [1.29, 1.82) is 0 Å². The van der Waals surface area contributed by atoms with Gasteiger partial charge in [-0.3, -0.25) is 0 Å². The Kier molecular flexibility index (Phi) is 4.02. The Morgan fingerprint density at radius 1 is 1.43 bits per heavy atom. The first-order chi connectivity index (χ1) is 11.0. The van der Waals surface area contributed by atoms with Crippen molar-refractivity contribution in [2.45, 2.75) is 45.6 Å². The van der Waals surface area contributed by atoms with E-state index in [0.717, 1.165) is 35.9 Å². The van der Waals surface area contributed by atoms with Gasteiger partial charge in [-0.05, 0) is 31.4 Å². The number of hydrogen-bond acceptors (Lipinski definition) is 4. The van der Waals surface area contributed by atoms with Crippen molar-refractivity contribution in [2.24, 2.45) is 5.73 Å². The van der Waals surface area contributed by atoms with Gasteiger partial charge in [-0.2, -0.15) is 4.68 Å². The Balaban J connectivity index is 2.12. The topological polar surface area (TPSA) is 89.9 Å². The maximum atomic E-state index is 11.7. The molecule has 7 heteroatoms. The lowest BCUT2D eigenvalue weighted by Gasteiger charge is -2.22. The highest BCUT2D eigenvalue weighted by atomic mass is 16.2. The summed E-state index contributed by atoms with van der Waals surface area (Å²) in [6, 6.07) is 3.33. The number of carbonyl (C=O) groups excluding carboxylic acids is 1. The average Bonchev–Trinajstić information content (AvgIpc) is 3.14. The molecule has 2 aromatic rings. The van der Waals surface area contributed by atoms with Crippen LogP contribution in [0.3, 0.4) is 0 Å². The Morgan fingerprint density at radius 2 is 2.22 bits per heavy atom. The average molecular weight is 314 g/mol. The molecular formula is C16H22N6O. The SMILES string of the molecule is Cc1cccnc1-n1nc(C(C)C)nc1C1CCCN1C(N)=O. The molecule has 1 fully saturated rings. The van der Waals surface area contributed by atoms with Gasteiger partial charge in [0, 0.05) is 18.7 Å². The van der Waals surface area contributed by atoms with E-state index in [1.165, 1.54) is 0 Å². The minimum Gasteiger partial charge on any atom is -0.351 e. The molecule has 1 aliphatic rings. The van der Waals surface area contributed by atoms with Gasteiger partial charge in [0.05, 0.1) is 6.04 Å². The molecule has 3 rings (SSSR count). The van der Waals surface area contributed by atoms with Gasteiger partial charge >= 0.3 is 6.03 Å². The van der Waals surface area contributed by atoms with Crippen molar-refractivity contribution in [3.8, 4) is 5.82 Å². The smallest absolute Gasteiger partial charge is 0.315 e. The van der Waals surface area contributed by atoms with Crippen LogP contribution in [0.2, 0.25) is 0 Å². The van der Waals surface area contributed by atoms with Crippen molar-refractivity contribution < 1.29 is 4.79 Å². The lowest BCUT2D eigenvalue weighted by Crippen LogP contribution is -2.36. The Hall–Kier alpha value is -2.44. The van der Waals surface area contributed by atoms with Crippen LogP contribution in [0.5, 0.6) is 0 Å². The zero-order valence-electron chi connectivity index (χ0n) is 13.7. The molecule has 1 aliphatic heterocycles. The molecular weight excluding hydrogens is 292 g/mol. The first-order valence-electron chi connectivity index (χ1n) is 7.94. The third kappa shape index (κ3) is 2.78. The fourth-order valence-electron chi connectivity index (χ4n) is 2.95. The highest BCUT2D eigenvalue weighted by Gasteiger charge is 2.34. The molecule has 0 radical (unpaired) electrons. The molecule has 0 spiro atoms. The molecule has 1 saturated heterocycles. The van der Waals surface area contributed by atoms with Crippen LogP contribution in [0.25, 0.3) is 5.82 Å². The van der Waals surface area contributed by atoms with Crippen LogP contribution in [-0.4, -0.2) is 37.2 Å². The predicted molar refractivity (Wildman–Crippen MR) is 86.2 cm³/mol. The Bertz CT molecular complexity index is 723. The van der Waals surface area contributed by atoms with Gasteiger partial charge < -0.3 is 10.6 Å². The van der Waals surface area contributed by atoms with Crippen molar-refractivity contribution >= 4 is 6.03 Å². The van der Waals surface area contributed by atoms with Crippen molar-refractivity contribution in [1.82, 2.24) is 24.6 Å². The predicted octanol–water partition coefficient (Wildman–Crippen LogP) is 2.31. The van der Waals surface area contributed by atoms with Crippen molar-refractivity contribution in [2.75, 3.05) is 6.54 Å². The van der Waals surface area contributed by atoms with E-state index in [1.54, 1.807) is 15.8 Å². The summed E-state index contributed by atoms with van der Waals surface area (Å²) in [6.45, 7) is 6.75. The van der Waals surface area contributed by atoms with Gasteiger partial charge in [0.25, 0.3) is 0 Å². The zero-order chi connectivity index (χ0) is 16.6. The van der Waals surface area contributed by atoms with Crippen LogP contribution in [0.4, 0.5) is 4.79 Å². The molecule has 7 nitrogen and oxygen atoms in total. The van der Waals surface area contributed by atoms with E-state index in [9.17, 15) is 4.79 Å². The van der Waals surface area contributed by atoms with Crippen LogP contribution >= 0.6 is 0 Å². The molecule has 23 heavy (non-hydrogen) atoms. The Morgan fingerprint density at radius 3 is 2.87 bits per heavy atom. The van der Waals surface area contributed by atoms with E-state index in [2.05, 4.69) is 23.9 Å². The third-order valence-corrected chi connectivity index (χ3v) is 4.18. The largest absolute Gasteiger partial charge is 0.351 e. The second-order valence-corrected chi connectivity index (χ2v) is 6.23. The first kappa shape index (κ1) is 15.5. The second kappa shape index (κ2) is 5.98. The maximum Gasteiger partial charge on any atom is 0.315 e. The molecule has 1 atom stereocenters. The summed E-state index contributed by atoms with van der Waals surface area (Å²) in [5.74, 6) is 2.44. The number of hydrogen-bond donors (Lipinski definition) is 1. The summed E-state index contributed by atoms with van der Waals surface area (Å²) < 4.78 is 1.77. The lowest BCUT2D eigenvalue weighted by molar-refractivity contribution is 0.200. The minimum atomic E-state index is -0.411. The molecule has 0 bridgehead atoms. The standard InChI is InChI=1S/C16H22N6O/c1-10(2)13-19-15(12-7-5-9-21(12)16(17)23)22(20-13)14-11(3)6-4-8-18-14/h4,6,8,10,12H,5,7,9H2,1-3H3,(H2,17,23). The van der Waals surface area contributed by atoms with E-state index < -0.39 is 6.03 Å². The van der Waals surface area contributed by atoms with E-state index in [0.29, 0.717) is 6.54 Å². The minimum absolute atomic E-state index is 0.145. The number of urea groups is 1. The number of carbonyl (C=O) groups is 1. The van der Waals surface area contributed by atoms with Crippen molar-refractivity contribution in [3.05, 3.63) is 35.5 Å². The number of pyridine rings is 1. The lowest BCUT2D eigenvalue weighted by atomic mass is 10.2. The molecule has 0 saturated carbocycles. The number of nitrogens with zero attached hydrogens (tertiary/aromatic N) is 5. The molecule has 3 heterocycles. The summed E-state index contributed by atoms with van der Waals surface area (Å²) in [5.41, 5.74) is 6.54. The molecule has 2 aromatic heterocycles. The number of likely N-dealkylation sites (tertiary alicyclic amines) is 1. The van der Waals surface area contributed by atoms with Gasteiger partial charge in [-0.15, -0.1) is 5.10 Å². The zero-order valence-corrected chi connectivity index (χ0v) is 13.7. The van der Waals surface area contributed by atoms with Crippen LogP contribution in [-0.2, 0) is 0 Å². The molecule has 2 amide bonds. The summed E-state index contributed by atoms with van der Waals surface area (Å²) in [6.07, 6.45) is 3.49. The molecule has 0 aromatic carbocycles. The Labute approximate surface area is 135 Å². The molecule has 122 valence electrons. The van der Waals surface area contributed by atoms with E-state index in [4.69, 9.17) is 10.7 Å². The number of aryl methyl sites for hydroxylation is 1. The van der Waals surface area contributed by atoms with Gasteiger partial charge in [-0.1, -0.05) is 19.9 Å². The van der Waals surface area contributed by atoms with Crippen LogP contribution < -0.4 is 5.73 Å². The maximum absolute atomic E-state index is 11.7. The van der Waals surface area contributed by atoms with Crippen molar-refractivity contribution in [3.63, 3.8) is 0 Å². The molecule has 2 N–H and O–H groups in total. The van der Waals surface area contributed by atoms with E-state index in [-0.39, 0.29) is 12.0 Å². The van der Waals surface area contributed by atoms with E-state index in [1.807, 2.05) is 19.1 Å². The second-order valence-electron chi connectivity index (χ2n) is 6.23. The fourth-order valence-corrected chi connectivity index (χ4v) is 2.95. The molecule has 0 aliphatic carbocycles. The first-order valence-corrected chi connectivity index (χ1v) is 7.94. The third-order valence-electron chi connectivity index (χ3n) is 4.18. The van der Waals surface area contributed by atoms with Crippen LogP contribution in [0.1, 0.15) is 55.9 Å². The monoisotopic (exact) mass is 314 g/mol.